The van der Waals surface area contributed by atoms with E-state index in [1.165, 1.54) is 38.4 Å². The third-order valence-electron chi connectivity index (χ3n) is 4.48. The highest BCUT2D eigenvalue weighted by Gasteiger charge is 2.28. The van der Waals surface area contributed by atoms with Crippen LogP contribution in [0.3, 0.4) is 0 Å². The molecule has 0 aromatic heterocycles. The molecule has 0 fully saturated rings. The van der Waals surface area contributed by atoms with Crippen LogP contribution < -0.4 is 9.62 Å². The van der Waals surface area contributed by atoms with Crippen LogP contribution in [0.15, 0.2) is 41.3 Å². The average Bonchev–Trinajstić information content (AvgIpc) is 3.04. The summed E-state index contributed by atoms with van der Waals surface area (Å²) in [6.45, 7) is 0.403. The maximum absolute atomic E-state index is 13.0. The van der Waals surface area contributed by atoms with E-state index in [0.717, 1.165) is 16.1 Å². The van der Waals surface area contributed by atoms with Gasteiger partial charge in [0.25, 0.3) is 5.91 Å². The van der Waals surface area contributed by atoms with Crippen molar-refractivity contribution in [1.29, 1.82) is 0 Å². The number of rotatable bonds is 5. The Kier molecular flexibility index (Phi) is 5.65. The first-order chi connectivity index (χ1) is 13.4. The largest absolute Gasteiger partial charge is 0.308 e. The van der Waals surface area contributed by atoms with Crippen molar-refractivity contribution in [2.45, 2.75) is 11.3 Å². The van der Waals surface area contributed by atoms with Crippen molar-refractivity contribution in [3.8, 4) is 0 Å². The first-order valence-corrected chi connectivity index (χ1v) is 12.3. The lowest BCUT2D eigenvalue weighted by molar-refractivity contribution is 0.0989. The zero-order chi connectivity index (χ0) is 21.6. The standard InChI is InChI=1S/C18H20ClN3O5S2/c1-21(2)29(26,27)14-5-7-17-12(10-14)8-9-22(17)18(23)13-4-6-16(15(19)11-13)20-28(3,24)25/h4-7,10-11,20H,8-9H2,1-3H3. The van der Waals surface area contributed by atoms with Crippen LogP contribution in [-0.4, -0.2) is 53.9 Å². The van der Waals surface area contributed by atoms with Crippen molar-refractivity contribution < 1.29 is 21.6 Å². The first-order valence-electron chi connectivity index (χ1n) is 8.55. The summed E-state index contributed by atoms with van der Waals surface area (Å²) in [7, 11) is -4.13. The van der Waals surface area contributed by atoms with Gasteiger partial charge in [0.2, 0.25) is 20.0 Å². The van der Waals surface area contributed by atoms with E-state index in [4.69, 9.17) is 11.6 Å². The van der Waals surface area contributed by atoms with Gasteiger partial charge in [-0.1, -0.05) is 11.6 Å². The molecule has 0 aliphatic carbocycles. The molecule has 8 nitrogen and oxygen atoms in total. The molecule has 0 radical (unpaired) electrons. The molecule has 0 spiro atoms. The summed E-state index contributed by atoms with van der Waals surface area (Å²) in [4.78, 5) is 14.7. The molecule has 0 unspecified atom stereocenters. The summed E-state index contributed by atoms with van der Waals surface area (Å²) in [5, 5.41) is 0.105. The van der Waals surface area contributed by atoms with E-state index in [2.05, 4.69) is 4.72 Å². The van der Waals surface area contributed by atoms with Crippen molar-refractivity contribution in [2.75, 3.05) is 36.5 Å². The molecule has 2 aromatic rings. The lowest BCUT2D eigenvalue weighted by Crippen LogP contribution is -2.29. The number of nitrogens with one attached hydrogen (secondary N) is 1. The summed E-state index contributed by atoms with van der Waals surface area (Å²) in [6.07, 6.45) is 1.54. The number of benzene rings is 2. The number of carbonyl (C=O) groups excluding carboxylic acids is 1. The third kappa shape index (κ3) is 4.40. The van der Waals surface area contributed by atoms with Gasteiger partial charge in [-0.3, -0.25) is 9.52 Å². The Morgan fingerprint density at radius 3 is 2.38 bits per heavy atom. The van der Waals surface area contributed by atoms with E-state index in [-0.39, 0.29) is 21.5 Å². The second kappa shape index (κ2) is 7.60. The molecule has 1 amide bonds. The molecular formula is C18H20ClN3O5S2. The Labute approximate surface area is 175 Å². The van der Waals surface area contributed by atoms with Gasteiger partial charge in [0.1, 0.15) is 0 Å². The molecule has 1 aliphatic heterocycles. The van der Waals surface area contributed by atoms with Crippen molar-refractivity contribution >= 4 is 48.9 Å². The van der Waals surface area contributed by atoms with E-state index < -0.39 is 20.0 Å². The summed E-state index contributed by atoms with van der Waals surface area (Å²) < 4.78 is 50.8. The van der Waals surface area contributed by atoms with Crippen molar-refractivity contribution in [3.05, 3.63) is 52.5 Å². The van der Waals surface area contributed by atoms with Gasteiger partial charge in [-0.2, -0.15) is 0 Å². The van der Waals surface area contributed by atoms with Crippen LogP contribution in [0.4, 0.5) is 11.4 Å². The maximum atomic E-state index is 13.0. The molecule has 1 aliphatic rings. The van der Waals surface area contributed by atoms with Gasteiger partial charge in [-0.05, 0) is 48.4 Å². The van der Waals surface area contributed by atoms with Crippen molar-refractivity contribution in [2.24, 2.45) is 0 Å². The van der Waals surface area contributed by atoms with Crippen LogP contribution in [0.5, 0.6) is 0 Å². The quantitative estimate of drug-likeness (QED) is 0.740. The highest BCUT2D eigenvalue weighted by molar-refractivity contribution is 7.92. The minimum Gasteiger partial charge on any atom is -0.308 e. The fraction of sp³-hybridized carbons (Fsp3) is 0.278. The smallest absolute Gasteiger partial charge is 0.258 e. The molecular weight excluding hydrogens is 438 g/mol. The normalized spacial score (nSPS) is 14.2. The van der Waals surface area contributed by atoms with Crippen molar-refractivity contribution in [1.82, 2.24) is 4.31 Å². The zero-order valence-electron chi connectivity index (χ0n) is 16.0. The Morgan fingerprint density at radius 1 is 1.10 bits per heavy atom. The van der Waals surface area contributed by atoms with Gasteiger partial charge in [-0.15, -0.1) is 0 Å². The highest BCUT2D eigenvalue weighted by Crippen LogP contribution is 2.33. The van der Waals surface area contributed by atoms with E-state index in [1.807, 2.05) is 0 Å². The molecule has 156 valence electrons. The minimum absolute atomic E-state index is 0.105. The number of carbonyl (C=O) groups is 1. The summed E-state index contributed by atoms with van der Waals surface area (Å²) in [5.41, 5.74) is 1.89. The molecule has 0 atom stereocenters. The predicted molar refractivity (Wildman–Crippen MR) is 113 cm³/mol. The lowest BCUT2D eigenvalue weighted by Gasteiger charge is -2.19. The number of fused-ring (bicyclic) bond motifs is 1. The molecule has 0 saturated heterocycles. The molecule has 1 heterocycles. The SMILES string of the molecule is CN(C)S(=O)(=O)c1ccc2c(c1)CCN2C(=O)c1ccc(NS(C)(=O)=O)c(Cl)c1. The Bertz CT molecular complexity index is 1190. The predicted octanol–water partition coefficient (Wildman–Crippen LogP) is 2.16. The summed E-state index contributed by atoms with van der Waals surface area (Å²) in [5.74, 6) is -0.306. The summed E-state index contributed by atoms with van der Waals surface area (Å²) in [6, 6.07) is 9.01. The fourth-order valence-corrected chi connectivity index (χ4v) is 4.86. The van der Waals surface area contributed by atoms with Crippen LogP contribution in [-0.2, 0) is 26.5 Å². The number of hydrogen-bond donors (Lipinski definition) is 1. The second-order valence-corrected chi connectivity index (χ2v) is 11.2. The van der Waals surface area contributed by atoms with Crippen LogP contribution in [0.25, 0.3) is 0 Å². The van der Waals surface area contributed by atoms with E-state index in [9.17, 15) is 21.6 Å². The van der Waals surface area contributed by atoms with Crippen LogP contribution in [0, 0.1) is 0 Å². The van der Waals surface area contributed by atoms with E-state index >= 15 is 0 Å². The van der Waals surface area contributed by atoms with Crippen molar-refractivity contribution in [3.63, 3.8) is 0 Å². The summed E-state index contributed by atoms with van der Waals surface area (Å²) >= 11 is 6.12. The molecule has 11 heteroatoms. The van der Waals surface area contributed by atoms with Crippen LogP contribution in [0.2, 0.25) is 5.02 Å². The number of anilines is 2. The average molecular weight is 458 g/mol. The number of hydrogen-bond acceptors (Lipinski definition) is 5. The number of nitrogens with zero attached hydrogens (tertiary/aromatic N) is 2. The van der Waals surface area contributed by atoms with Crippen LogP contribution in [0.1, 0.15) is 15.9 Å². The molecule has 0 bridgehead atoms. The molecule has 29 heavy (non-hydrogen) atoms. The number of halogens is 1. The molecule has 3 rings (SSSR count). The second-order valence-electron chi connectivity index (χ2n) is 6.85. The van der Waals surface area contributed by atoms with Gasteiger partial charge in [-0.25, -0.2) is 21.1 Å². The topological polar surface area (TPSA) is 104 Å². The lowest BCUT2D eigenvalue weighted by atomic mass is 10.1. The van der Waals surface area contributed by atoms with Gasteiger partial charge >= 0.3 is 0 Å². The number of amides is 1. The fourth-order valence-electron chi connectivity index (χ4n) is 3.05. The van der Waals surface area contributed by atoms with Gasteiger partial charge < -0.3 is 4.90 Å². The minimum atomic E-state index is -3.56. The van der Waals surface area contributed by atoms with E-state index in [0.29, 0.717) is 24.2 Å². The van der Waals surface area contributed by atoms with Gasteiger partial charge in [0.05, 0.1) is 21.9 Å². The molecule has 0 saturated carbocycles. The molecule has 1 N–H and O–H groups in total. The van der Waals surface area contributed by atoms with Gasteiger partial charge in [0, 0.05) is 31.9 Å². The maximum Gasteiger partial charge on any atom is 0.258 e. The Hall–Kier alpha value is -2.14. The van der Waals surface area contributed by atoms with E-state index in [1.54, 1.807) is 17.0 Å². The highest BCUT2D eigenvalue weighted by atomic mass is 35.5. The van der Waals surface area contributed by atoms with Crippen LogP contribution >= 0.6 is 11.6 Å². The van der Waals surface area contributed by atoms with Gasteiger partial charge in [0.15, 0.2) is 0 Å². The number of sulfonamides is 2. The Balaban J connectivity index is 1.89. The zero-order valence-corrected chi connectivity index (χ0v) is 18.4. The first kappa shape index (κ1) is 21.6. The third-order valence-corrected chi connectivity index (χ3v) is 7.20. The monoisotopic (exact) mass is 457 g/mol. The molecule has 2 aromatic carbocycles. The Morgan fingerprint density at radius 2 is 1.79 bits per heavy atom.